The number of aromatic nitrogens is 1. The molecule has 2 rings (SSSR count). The molecule has 0 bridgehead atoms. The number of rotatable bonds is 4. The summed E-state index contributed by atoms with van der Waals surface area (Å²) < 4.78 is 37.3. The minimum Gasteiger partial charge on any atom is -0.293 e. The molecular weight excluding hydrogens is 267 g/mol. The Morgan fingerprint density at radius 2 is 2.06 bits per heavy atom. The zero-order valence-corrected chi connectivity index (χ0v) is 9.64. The quantitative estimate of drug-likeness (QED) is 0.635. The number of fused-ring (bicyclic) bond motifs is 1. The van der Waals surface area contributed by atoms with E-state index in [1.807, 2.05) is 0 Å². The molecule has 0 saturated heterocycles. The van der Waals surface area contributed by atoms with Gasteiger partial charge in [-0.2, -0.15) is 0 Å². The highest BCUT2D eigenvalue weighted by Gasteiger charge is 2.22. The Labute approximate surface area is 103 Å². The lowest BCUT2D eigenvalue weighted by molar-refractivity contribution is -0.128. The van der Waals surface area contributed by atoms with Gasteiger partial charge < -0.3 is 0 Å². The van der Waals surface area contributed by atoms with Crippen LogP contribution in [0, 0.1) is 5.82 Å². The van der Waals surface area contributed by atoms with E-state index in [1.54, 1.807) is 0 Å². The molecule has 0 unspecified atom stereocenters. The fourth-order valence-corrected chi connectivity index (χ4v) is 2.26. The van der Waals surface area contributed by atoms with Crippen molar-refractivity contribution >= 4 is 33.1 Å². The lowest BCUT2D eigenvalue weighted by Gasteiger charge is -1.95. The molecule has 1 aromatic carbocycles. The Hall–Kier alpha value is -1.76. The molecule has 0 aliphatic rings. The van der Waals surface area contributed by atoms with Gasteiger partial charge in [-0.3, -0.25) is 9.59 Å². The molecule has 0 radical (unpaired) electrons. The molecule has 0 fully saturated rings. The minimum atomic E-state index is -3.17. The number of ketones is 2. The fraction of sp³-hybridized carbons (Fsp3) is 0.182. The molecule has 0 N–H and O–H groups in total. The van der Waals surface area contributed by atoms with Crippen molar-refractivity contribution in [3.05, 3.63) is 29.0 Å². The smallest absolute Gasteiger partial charge is 0.293 e. The third kappa shape index (κ3) is 2.56. The number of halogens is 3. The van der Waals surface area contributed by atoms with Crippen LogP contribution in [-0.4, -0.2) is 23.0 Å². The molecule has 2 aromatic rings. The van der Waals surface area contributed by atoms with Crippen molar-refractivity contribution in [2.45, 2.75) is 12.8 Å². The van der Waals surface area contributed by atoms with Gasteiger partial charge in [0.2, 0.25) is 5.78 Å². The summed E-state index contributed by atoms with van der Waals surface area (Å²) in [5.41, 5.74) is 0.397. The summed E-state index contributed by atoms with van der Waals surface area (Å²) in [6.45, 7) is 0. The van der Waals surface area contributed by atoms with Crippen LogP contribution in [0.1, 0.15) is 16.2 Å². The third-order valence-electron chi connectivity index (χ3n) is 2.17. The average molecular weight is 273 g/mol. The first-order valence-electron chi connectivity index (χ1n) is 4.87. The summed E-state index contributed by atoms with van der Waals surface area (Å²) in [5.74, 6) is -2.69. The number of benzene rings is 1. The van der Waals surface area contributed by atoms with Crippen LogP contribution in [0.25, 0.3) is 10.2 Å². The summed E-state index contributed by atoms with van der Waals surface area (Å²) >= 11 is 0.875. The molecule has 0 amide bonds. The normalized spacial score (nSPS) is 11.1. The largest absolute Gasteiger partial charge is 0.296 e. The number of Topliss-reactive ketones (excluding diaryl/α,β-unsaturated/α-hetero) is 2. The Balaban J connectivity index is 2.26. The summed E-state index contributed by atoms with van der Waals surface area (Å²) in [6.07, 6.45) is -4.05. The van der Waals surface area contributed by atoms with Gasteiger partial charge >= 0.3 is 0 Å². The van der Waals surface area contributed by atoms with E-state index in [2.05, 4.69) is 4.98 Å². The Morgan fingerprint density at radius 3 is 2.72 bits per heavy atom. The van der Waals surface area contributed by atoms with Crippen molar-refractivity contribution in [1.82, 2.24) is 4.98 Å². The van der Waals surface area contributed by atoms with Crippen molar-refractivity contribution in [1.29, 1.82) is 0 Å². The number of carbonyl (C=O) groups excluding carboxylic acids is 2. The third-order valence-corrected chi connectivity index (χ3v) is 3.23. The molecule has 7 heteroatoms. The Morgan fingerprint density at radius 1 is 1.33 bits per heavy atom. The van der Waals surface area contributed by atoms with E-state index in [-0.39, 0.29) is 5.01 Å². The second kappa shape index (κ2) is 4.85. The highest BCUT2D eigenvalue weighted by Crippen LogP contribution is 2.24. The summed E-state index contributed by atoms with van der Waals surface area (Å²) in [5, 5.41) is -0.0652. The second-order valence-corrected chi connectivity index (χ2v) is 4.53. The molecule has 0 aliphatic carbocycles. The van der Waals surface area contributed by atoms with E-state index in [9.17, 15) is 22.8 Å². The average Bonchev–Trinajstić information content (AvgIpc) is 2.71. The van der Waals surface area contributed by atoms with Gasteiger partial charge in [0.15, 0.2) is 10.8 Å². The van der Waals surface area contributed by atoms with Crippen molar-refractivity contribution in [2.75, 3.05) is 0 Å². The number of carbonyl (C=O) groups is 2. The molecule has 18 heavy (non-hydrogen) atoms. The molecular formula is C11H6F3NO2S. The van der Waals surface area contributed by atoms with Gasteiger partial charge in [-0.1, -0.05) is 0 Å². The van der Waals surface area contributed by atoms with Crippen LogP contribution in [-0.2, 0) is 4.79 Å². The maximum atomic E-state index is 12.9. The van der Waals surface area contributed by atoms with Crippen molar-refractivity contribution < 1.29 is 22.8 Å². The van der Waals surface area contributed by atoms with Gasteiger partial charge in [0.1, 0.15) is 5.82 Å². The van der Waals surface area contributed by atoms with Gasteiger partial charge in [-0.15, -0.1) is 11.3 Å². The molecule has 0 atom stereocenters. The van der Waals surface area contributed by atoms with Crippen LogP contribution in [0.2, 0.25) is 0 Å². The molecule has 94 valence electrons. The number of nitrogens with zero attached hydrogens (tertiary/aromatic N) is 1. The monoisotopic (exact) mass is 273 g/mol. The van der Waals surface area contributed by atoms with E-state index < -0.39 is 30.2 Å². The van der Waals surface area contributed by atoms with Crippen LogP contribution >= 0.6 is 11.3 Å². The number of hydrogen-bond donors (Lipinski definition) is 0. The highest BCUT2D eigenvalue weighted by molar-refractivity contribution is 7.20. The first-order chi connectivity index (χ1) is 8.47. The Bertz CT molecular complexity index is 624. The topological polar surface area (TPSA) is 47.0 Å². The first-order valence-corrected chi connectivity index (χ1v) is 5.69. The van der Waals surface area contributed by atoms with Crippen LogP contribution in [0.3, 0.4) is 0 Å². The van der Waals surface area contributed by atoms with Gasteiger partial charge in [0.25, 0.3) is 6.43 Å². The highest BCUT2D eigenvalue weighted by atomic mass is 32.1. The van der Waals surface area contributed by atoms with E-state index in [0.717, 1.165) is 11.3 Å². The molecule has 3 nitrogen and oxygen atoms in total. The maximum absolute atomic E-state index is 12.9. The van der Waals surface area contributed by atoms with E-state index in [4.69, 9.17) is 0 Å². The van der Waals surface area contributed by atoms with E-state index >= 15 is 0 Å². The first kappa shape index (κ1) is 12.7. The van der Waals surface area contributed by atoms with Crippen LogP contribution in [0.15, 0.2) is 18.2 Å². The van der Waals surface area contributed by atoms with E-state index in [0.29, 0.717) is 10.2 Å². The predicted octanol–water partition coefficient (Wildman–Crippen LogP) is 2.84. The van der Waals surface area contributed by atoms with Crippen molar-refractivity contribution in [2.24, 2.45) is 0 Å². The number of thiazole rings is 1. The zero-order chi connectivity index (χ0) is 13.3. The van der Waals surface area contributed by atoms with Crippen LogP contribution in [0.4, 0.5) is 13.2 Å². The summed E-state index contributed by atoms with van der Waals surface area (Å²) in [6, 6.07) is 3.76. The zero-order valence-electron chi connectivity index (χ0n) is 8.82. The number of hydrogen-bond acceptors (Lipinski definition) is 4. The predicted molar refractivity (Wildman–Crippen MR) is 59.5 cm³/mol. The van der Waals surface area contributed by atoms with Crippen molar-refractivity contribution in [3.63, 3.8) is 0 Å². The number of alkyl halides is 2. The fourth-order valence-electron chi connectivity index (χ4n) is 1.33. The second-order valence-electron chi connectivity index (χ2n) is 3.50. The molecule has 1 heterocycles. The standard InChI is InChI=1S/C11H6F3NO2S/c12-5-1-2-6-9(3-5)18-11(15-6)8(17)4-7(16)10(13)14/h1-3,10H,4H2. The maximum Gasteiger partial charge on any atom is 0.296 e. The van der Waals surface area contributed by atoms with Gasteiger partial charge in [0.05, 0.1) is 16.6 Å². The van der Waals surface area contributed by atoms with E-state index in [1.165, 1.54) is 18.2 Å². The van der Waals surface area contributed by atoms with Gasteiger partial charge in [-0.25, -0.2) is 18.2 Å². The Kier molecular flexibility index (Phi) is 3.42. The molecule has 0 saturated carbocycles. The van der Waals surface area contributed by atoms with Crippen molar-refractivity contribution in [3.8, 4) is 0 Å². The SMILES string of the molecule is O=C(CC(=O)C(F)F)c1nc2ccc(F)cc2s1. The molecule has 0 spiro atoms. The van der Waals surface area contributed by atoms with Gasteiger partial charge in [0, 0.05) is 0 Å². The van der Waals surface area contributed by atoms with Gasteiger partial charge in [-0.05, 0) is 18.2 Å². The lowest BCUT2D eigenvalue weighted by atomic mass is 10.2. The van der Waals surface area contributed by atoms with Crippen LogP contribution < -0.4 is 0 Å². The lowest BCUT2D eigenvalue weighted by Crippen LogP contribution is -2.15. The summed E-state index contributed by atoms with van der Waals surface area (Å²) in [4.78, 5) is 26.1. The molecule has 1 aromatic heterocycles. The summed E-state index contributed by atoms with van der Waals surface area (Å²) in [7, 11) is 0. The minimum absolute atomic E-state index is 0.0652. The van der Waals surface area contributed by atoms with Crippen LogP contribution in [0.5, 0.6) is 0 Å². The molecule has 0 aliphatic heterocycles.